The van der Waals surface area contributed by atoms with Gasteiger partial charge in [0.1, 0.15) is 11.0 Å². The minimum atomic E-state index is -0.108. The number of amides is 1. The van der Waals surface area contributed by atoms with E-state index in [1.54, 1.807) is 11.9 Å². The van der Waals surface area contributed by atoms with Crippen LogP contribution >= 0.6 is 11.6 Å². The minimum absolute atomic E-state index is 0.108. The van der Waals surface area contributed by atoms with Crippen LogP contribution in [0.4, 0.5) is 5.82 Å². The van der Waals surface area contributed by atoms with Gasteiger partial charge >= 0.3 is 0 Å². The van der Waals surface area contributed by atoms with Gasteiger partial charge in [-0.2, -0.15) is 0 Å². The average Bonchev–Trinajstić information content (AvgIpc) is 2.14. The molecule has 1 amide bonds. The van der Waals surface area contributed by atoms with Crippen LogP contribution in [0.15, 0.2) is 12.1 Å². The van der Waals surface area contributed by atoms with Gasteiger partial charge in [-0.25, -0.2) is 4.98 Å². The molecule has 0 bridgehead atoms. The molecule has 1 rings (SSSR count). The van der Waals surface area contributed by atoms with Gasteiger partial charge in [-0.05, 0) is 19.1 Å². The number of nitrogen functional groups attached to an aromatic ring is 1. The van der Waals surface area contributed by atoms with Crippen molar-refractivity contribution in [1.29, 1.82) is 0 Å². The molecule has 0 spiro atoms. The normalized spacial score (nSPS) is 9.93. The minimum Gasteiger partial charge on any atom is -0.384 e. The lowest BCUT2D eigenvalue weighted by Crippen LogP contribution is -2.26. The molecule has 0 aromatic carbocycles. The summed E-state index contributed by atoms with van der Waals surface area (Å²) in [7, 11) is 1.72. The summed E-state index contributed by atoms with van der Waals surface area (Å²) >= 11 is 5.68. The monoisotopic (exact) mass is 213 g/mol. The average molecular weight is 214 g/mol. The van der Waals surface area contributed by atoms with Gasteiger partial charge in [0, 0.05) is 19.2 Å². The number of pyridine rings is 1. The highest BCUT2D eigenvalue weighted by molar-refractivity contribution is 6.29. The van der Waals surface area contributed by atoms with Crippen LogP contribution in [-0.4, -0.2) is 29.4 Å². The summed E-state index contributed by atoms with van der Waals surface area (Å²) in [5, 5.41) is 0.234. The van der Waals surface area contributed by atoms with Crippen molar-refractivity contribution in [2.75, 3.05) is 19.3 Å². The number of hydrogen-bond acceptors (Lipinski definition) is 3. The van der Waals surface area contributed by atoms with Crippen molar-refractivity contribution in [1.82, 2.24) is 9.88 Å². The van der Waals surface area contributed by atoms with Gasteiger partial charge in [-0.15, -0.1) is 0 Å². The highest BCUT2D eigenvalue weighted by atomic mass is 35.5. The van der Waals surface area contributed by atoms with Crippen LogP contribution in [0, 0.1) is 0 Å². The molecule has 2 N–H and O–H groups in total. The molecule has 1 aromatic heterocycles. The van der Waals surface area contributed by atoms with E-state index >= 15 is 0 Å². The van der Waals surface area contributed by atoms with E-state index in [9.17, 15) is 4.79 Å². The van der Waals surface area contributed by atoms with Gasteiger partial charge in [0.25, 0.3) is 5.91 Å². The van der Waals surface area contributed by atoms with Crippen molar-refractivity contribution in [3.8, 4) is 0 Å². The lowest BCUT2D eigenvalue weighted by Gasteiger charge is -2.14. The molecule has 0 radical (unpaired) electrons. The number of aromatic nitrogens is 1. The molecule has 0 fully saturated rings. The SMILES string of the molecule is CCN(C)C(=O)c1cc(N)nc(Cl)c1. The number of nitrogens with zero attached hydrogens (tertiary/aromatic N) is 2. The predicted molar refractivity (Wildman–Crippen MR) is 56.3 cm³/mol. The fourth-order valence-corrected chi connectivity index (χ4v) is 1.22. The number of anilines is 1. The fourth-order valence-electron chi connectivity index (χ4n) is 1.00. The van der Waals surface area contributed by atoms with E-state index in [2.05, 4.69) is 4.98 Å². The van der Waals surface area contributed by atoms with Crippen molar-refractivity contribution in [2.45, 2.75) is 6.92 Å². The molecular formula is C9H12ClN3O. The van der Waals surface area contributed by atoms with Gasteiger partial charge in [-0.3, -0.25) is 4.79 Å². The van der Waals surface area contributed by atoms with E-state index in [-0.39, 0.29) is 16.9 Å². The summed E-state index contributed by atoms with van der Waals surface area (Å²) in [6.07, 6.45) is 0. The molecule has 0 saturated carbocycles. The molecule has 4 nitrogen and oxygen atoms in total. The quantitative estimate of drug-likeness (QED) is 0.756. The van der Waals surface area contributed by atoms with E-state index in [0.717, 1.165) is 0 Å². The van der Waals surface area contributed by atoms with E-state index in [1.165, 1.54) is 12.1 Å². The molecule has 1 heterocycles. The standard InChI is InChI=1S/C9H12ClN3O/c1-3-13(2)9(14)6-4-7(10)12-8(11)5-6/h4-5H,3H2,1-2H3,(H2,11,12). The zero-order valence-electron chi connectivity index (χ0n) is 8.12. The van der Waals surface area contributed by atoms with E-state index < -0.39 is 0 Å². The Morgan fingerprint density at radius 1 is 1.64 bits per heavy atom. The number of carbonyl (C=O) groups is 1. The zero-order chi connectivity index (χ0) is 10.7. The van der Waals surface area contributed by atoms with Crippen molar-refractivity contribution in [3.05, 3.63) is 22.8 Å². The fraction of sp³-hybridized carbons (Fsp3) is 0.333. The first-order valence-corrected chi connectivity index (χ1v) is 4.61. The Morgan fingerprint density at radius 3 is 2.79 bits per heavy atom. The highest BCUT2D eigenvalue weighted by Gasteiger charge is 2.11. The van der Waals surface area contributed by atoms with Crippen LogP contribution < -0.4 is 5.73 Å². The topological polar surface area (TPSA) is 59.2 Å². The second kappa shape index (κ2) is 4.28. The first-order chi connectivity index (χ1) is 6.54. The maximum absolute atomic E-state index is 11.7. The number of rotatable bonds is 2. The molecule has 0 saturated heterocycles. The number of nitrogens with two attached hydrogens (primary N) is 1. The van der Waals surface area contributed by atoms with Crippen molar-refractivity contribution in [3.63, 3.8) is 0 Å². The summed E-state index contributed by atoms with van der Waals surface area (Å²) < 4.78 is 0. The third-order valence-corrected chi connectivity index (χ3v) is 2.08. The Labute approximate surface area is 87.7 Å². The number of halogens is 1. The Bertz CT molecular complexity index is 334. The van der Waals surface area contributed by atoms with Gasteiger partial charge in [-0.1, -0.05) is 11.6 Å². The van der Waals surface area contributed by atoms with Crippen molar-refractivity contribution < 1.29 is 4.79 Å². The molecule has 0 aliphatic carbocycles. The Morgan fingerprint density at radius 2 is 2.29 bits per heavy atom. The first-order valence-electron chi connectivity index (χ1n) is 4.23. The van der Waals surface area contributed by atoms with Crippen molar-refractivity contribution in [2.24, 2.45) is 0 Å². The molecule has 0 aliphatic rings. The molecule has 14 heavy (non-hydrogen) atoms. The molecule has 5 heteroatoms. The predicted octanol–water partition coefficient (Wildman–Crippen LogP) is 1.41. The lowest BCUT2D eigenvalue weighted by molar-refractivity contribution is 0.0802. The van der Waals surface area contributed by atoms with E-state index in [1.807, 2.05) is 6.92 Å². The van der Waals surface area contributed by atoms with Crippen LogP contribution in [0.25, 0.3) is 0 Å². The first kappa shape index (κ1) is 10.8. The smallest absolute Gasteiger partial charge is 0.253 e. The Balaban J connectivity index is 3.01. The van der Waals surface area contributed by atoms with Gasteiger partial charge in [0.05, 0.1) is 0 Å². The zero-order valence-corrected chi connectivity index (χ0v) is 8.88. The lowest BCUT2D eigenvalue weighted by atomic mass is 10.2. The molecule has 0 atom stereocenters. The van der Waals surface area contributed by atoms with E-state index in [4.69, 9.17) is 17.3 Å². The third-order valence-electron chi connectivity index (χ3n) is 1.88. The second-order valence-electron chi connectivity index (χ2n) is 2.92. The maximum Gasteiger partial charge on any atom is 0.253 e. The third kappa shape index (κ3) is 2.35. The van der Waals surface area contributed by atoms with Crippen LogP contribution in [0.1, 0.15) is 17.3 Å². The van der Waals surface area contributed by atoms with Gasteiger partial charge in [0.2, 0.25) is 0 Å². The molecule has 0 aliphatic heterocycles. The van der Waals surface area contributed by atoms with Gasteiger partial charge < -0.3 is 10.6 Å². The summed E-state index contributed by atoms with van der Waals surface area (Å²) in [6, 6.07) is 3.02. The summed E-state index contributed by atoms with van der Waals surface area (Å²) in [4.78, 5) is 17.0. The summed E-state index contributed by atoms with van der Waals surface area (Å²) in [6.45, 7) is 2.53. The van der Waals surface area contributed by atoms with Crippen molar-refractivity contribution >= 4 is 23.3 Å². The number of carbonyl (C=O) groups excluding carboxylic acids is 1. The van der Waals surface area contributed by atoms with E-state index in [0.29, 0.717) is 12.1 Å². The maximum atomic E-state index is 11.7. The van der Waals surface area contributed by atoms with Crippen LogP contribution in [0.2, 0.25) is 5.15 Å². The second-order valence-corrected chi connectivity index (χ2v) is 3.31. The summed E-state index contributed by atoms with van der Waals surface area (Å²) in [5.41, 5.74) is 5.94. The Kier molecular flexibility index (Phi) is 3.30. The molecule has 76 valence electrons. The molecule has 1 aromatic rings. The highest BCUT2D eigenvalue weighted by Crippen LogP contribution is 2.13. The van der Waals surface area contributed by atoms with Crippen LogP contribution in [-0.2, 0) is 0 Å². The van der Waals surface area contributed by atoms with Gasteiger partial charge in [0.15, 0.2) is 0 Å². The number of hydrogen-bond donors (Lipinski definition) is 1. The largest absolute Gasteiger partial charge is 0.384 e. The van der Waals surface area contributed by atoms with Crippen LogP contribution in [0.5, 0.6) is 0 Å². The molecule has 0 unspecified atom stereocenters. The Hall–Kier alpha value is -1.29. The van der Waals surface area contributed by atoms with Crippen LogP contribution in [0.3, 0.4) is 0 Å². The molecular weight excluding hydrogens is 202 g/mol. The summed E-state index contributed by atoms with van der Waals surface area (Å²) in [5.74, 6) is 0.147.